The normalized spacial score (nSPS) is 11.9. The number of alkyl halides is 1. The van der Waals surface area contributed by atoms with Crippen LogP contribution in [0.25, 0.3) is 17.7 Å². The van der Waals surface area contributed by atoms with Gasteiger partial charge in [0.15, 0.2) is 0 Å². The first-order valence-corrected chi connectivity index (χ1v) is 14.8. The molecule has 43 heavy (non-hydrogen) atoms. The van der Waals surface area contributed by atoms with Gasteiger partial charge in [0.2, 0.25) is 0 Å². The lowest BCUT2D eigenvalue weighted by atomic mass is 9.87. The van der Waals surface area contributed by atoms with Gasteiger partial charge in [-0.25, -0.2) is 4.98 Å². The molecule has 3 aromatic carbocycles. The Morgan fingerprint density at radius 1 is 0.977 bits per heavy atom. The van der Waals surface area contributed by atoms with Crippen molar-refractivity contribution in [1.29, 1.82) is 0 Å². The lowest BCUT2D eigenvalue weighted by molar-refractivity contribution is -0.384. The van der Waals surface area contributed by atoms with Gasteiger partial charge in [0.1, 0.15) is 17.3 Å². The lowest BCUT2D eigenvalue weighted by Crippen LogP contribution is -2.10. The van der Waals surface area contributed by atoms with E-state index in [1.807, 2.05) is 74.7 Å². The molecule has 0 aliphatic rings. The minimum Gasteiger partial charge on any atom is -0.457 e. The second kappa shape index (κ2) is 15.9. The van der Waals surface area contributed by atoms with E-state index in [1.54, 1.807) is 18.2 Å². The molecule has 0 aliphatic heterocycles. The molecule has 4 rings (SSSR count). The summed E-state index contributed by atoms with van der Waals surface area (Å²) in [7, 11) is 0. The number of rotatable bonds is 9. The van der Waals surface area contributed by atoms with Crippen molar-refractivity contribution in [2.24, 2.45) is 0 Å². The largest absolute Gasteiger partial charge is 0.457 e. The van der Waals surface area contributed by atoms with Gasteiger partial charge in [-0.1, -0.05) is 87.0 Å². The van der Waals surface area contributed by atoms with Gasteiger partial charge in [-0.05, 0) is 71.9 Å². The van der Waals surface area contributed by atoms with Gasteiger partial charge >= 0.3 is 0 Å². The Hall–Kier alpha value is -4.13. The summed E-state index contributed by atoms with van der Waals surface area (Å²) in [6, 6.07) is 22.8. The number of nitro benzene ring substituents is 1. The molecule has 1 aromatic heterocycles. The fraction of sp³-hybridized carbons (Fsp3) is 0.229. The Morgan fingerprint density at radius 2 is 1.58 bits per heavy atom. The molecular weight excluding hydrogens is 581 g/mol. The van der Waals surface area contributed by atoms with Crippen LogP contribution >= 0.6 is 23.2 Å². The monoisotopic (exact) mass is 617 g/mol. The van der Waals surface area contributed by atoms with Crippen molar-refractivity contribution in [3.63, 3.8) is 0 Å². The number of nitro groups is 1. The average molecular weight is 619 g/mol. The summed E-state index contributed by atoms with van der Waals surface area (Å²) >= 11 is 10.2. The van der Waals surface area contributed by atoms with Crippen molar-refractivity contribution in [3.8, 4) is 11.5 Å². The Labute approximate surface area is 264 Å². The maximum absolute atomic E-state index is 11.0. The van der Waals surface area contributed by atoms with E-state index >= 15 is 0 Å². The van der Waals surface area contributed by atoms with E-state index in [4.69, 9.17) is 32.9 Å². The molecule has 0 fully saturated rings. The molecule has 0 amide bonds. The first-order valence-electron chi connectivity index (χ1n) is 13.9. The minimum atomic E-state index is -0.387. The second-order valence-electron chi connectivity index (χ2n) is 10.8. The maximum Gasteiger partial charge on any atom is 0.269 e. The van der Waals surface area contributed by atoms with Gasteiger partial charge in [0.05, 0.1) is 10.6 Å². The topological polar surface area (TPSA) is 70.2 Å². The van der Waals surface area contributed by atoms with E-state index in [2.05, 4.69) is 37.5 Å². The molecule has 4 aromatic rings. The maximum atomic E-state index is 11.0. The van der Waals surface area contributed by atoms with Crippen LogP contribution in [-0.2, 0) is 12.0 Å². The van der Waals surface area contributed by atoms with Crippen LogP contribution in [0, 0.1) is 10.1 Å². The first kappa shape index (κ1) is 33.4. The third-order valence-electron chi connectivity index (χ3n) is 6.58. The molecule has 6 nitrogen and oxygen atoms in total. The Balaban J connectivity index is 0.000000934. The van der Waals surface area contributed by atoms with Gasteiger partial charge < -0.3 is 9.30 Å². The van der Waals surface area contributed by atoms with Crippen LogP contribution in [0.5, 0.6) is 11.5 Å². The van der Waals surface area contributed by atoms with Crippen LogP contribution < -0.4 is 4.74 Å². The SMILES string of the molecule is C/C=C(\C)c1cn(Cc2ccc([N+](=O)[O-])cc2)c(/C=C/c2ccc(Oc3ccc(C(C)(C)C)cc3)cc2)n1.Cl/C=C/CCl. The zero-order valence-electron chi connectivity index (χ0n) is 25.1. The molecular formula is C35H37Cl2N3O3. The molecule has 0 spiro atoms. The summed E-state index contributed by atoms with van der Waals surface area (Å²) in [5.41, 5.74) is 6.82. The molecule has 224 valence electrons. The predicted octanol–water partition coefficient (Wildman–Crippen LogP) is 10.5. The highest BCUT2D eigenvalue weighted by Crippen LogP contribution is 2.27. The Kier molecular flexibility index (Phi) is 12.4. The number of hydrogen-bond acceptors (Lipinski definition) is 4. The number of benzene rings is 3. The first-order chi connectivity index (χ1) is 20.5. The van der Waals surface area contributed by atoms with Crippen molar-refractivity contribution in [3.05, 3.63) is 135 Å². The van der Waals surface area contributed by atoms with E-state index < -0.39 is 0 Å². The van der Waals surface area contributed by atoms with Gasteiger partial charge in [0, 0.05) is 36.3 Å². The number of allylic oxidation sites excluding steroid dienone is 3. The summed E-state index contributed by atoms with van der Waals surface area (Å²) in [5, 5.41) is 11.0. The number of imidazole rings is 1. The Bertz CT molecular complexity index is 1560. The fourth-order valence-corrected chi connectivity index (χ4v) is 4.23. The number of hydrogen-bond donors (Lipinski definition) is 0. The van der Waals surface area contributed by atoms with Crippen LogP contribution in [0.3, 0.4) is 0 Å². The minimum absolute atomic E-state index is 0.0827. The predicted molar refractivity (Wildman–Crippen MR) is 180 cm³/mol. The van der Waals surface area contributed by atoms with Crippen molar-refractivity contribution in [2.75, 3.05) is 5.88 Å². The van der Waals surface area contributed by atoms with Crippen molar-refractivity contribution in [2.45, 2.75) is 46.6 Å². The zero-order chi connectivity index (χ0) is 31.4. The molecule has 0 saturated carbocycles. The number of nitrogens with zero attached hydrogens (tertiary/aromatic N) is 3. The van der Waals surface area contributed by atoms with Crippen LogP contribution in [0.4, 0.5) is 5.69 Å². The van der Waals surface area contributed by atoms with Crippen LogP contribution in [0.1, 0.15) is 62.8 Å². The third kappa shape index (κ3) is 10.3. The molecule has 0 saturated heterocycles. The quantitative estimate of drug-likeness (QED) is 0.106. The Morgan fingerprint density at radius 3 is 2.07 bits per heavy atom. The number of aromatic nitrogens is 2. The van der Waals surface area contributed by atoms with E-state index in [1.165, 1.54) is 23.2 Å². The summed E-state index contributed by atoms with van der Waals surface area (Å²) < 4.78 is 8.08. The van der Waals surface area contributed by atoms with Gasteiger partial charge in [-0.3, -0.25) is 10.1 Å². The van der Waals surface area contributed by atoms with E-state index in [9.17, 15) is 10.1 Å². The van der Waals surface area contributed by atoms with E-state index in [0.29, 0.717) is 12.4 Å². The van der Waals surface area contributed by atoms with E-state index in [0.717, 1.165) is 39.7 Å². The average Bonchev–Trinajstić information content (AvgIpc) is 3.39. The smallest absolute Gasteiger partial charge is 0.269 e. The summed E-state index contributed by atoms with van der Waals surface area (Å²) in [6.45, 7) is 11.2. The molecule has 0 aliphatic carbocycles. The van der Waals surface area contributed by atoms with Gasteiger partial charge in [0.25, 0.3) is 5.69 Å². The van der Waals surface area contributed by atoms with Gasteiger partial charge in [-0.15, -0.1) is 11.6 Å². The fourth-order valence-electron chi connectivity index (χ4n) is 3.96. The summed E-state index contributed by atoms with van der Waals surface area (Å²) in [4.78, 5) is 15.4. The summed E-state index contributed by atoms with van der Waals surface area (Å²) in [6.07, 6.45) is 9.70. The molecule has 0 N–H and O–H groups in total. The highest BCUT2D eigenvalue weighted by Gasteiger charge is 2.13. The standard InChI is InChI=1S/C32H33N3O3.C3H4Cl2/c1-6-23(2)30-22-34(21-25-7-14-27(15-8-25)35(36)37)31(33-30)20-11-24-9-16-28(17-10-24)38-29-18-12-26(13-19-29)32(3,4)5;4-2-1-3-5/h6-20,22H,21H2,1-5H3;1-2H,3H2/b20-11+,23-6+;2-1+. The van der Waals surface area contributed by atoms with Crippen molar-refractivity contribution in [1.82, 2.24) is 9.55 Å². The summed E-state index contributed by atoms with van der Waals surface area (Å²) in [5.74, 6) is 2.89. The van der Waals surface area contributed by atoms with Crippen LogP contribution in [0.15, 0.2) is 96.7 Å². The number of ether oxygens (including phenoxy) is 1. The number of halogens is 2. The molecule has 0 atom stereocenters. The molecule has 0 unspecified atom stereocenters. The van der Waals surface area contributed by atoms with Crippen LogP contribution in [-0.4, -0.2) is 20.4 Å². The molecule has 8 heteroatoms. The zero-order valence-corrected chi connectivity index (χ0v) is 26.6. The highest BCUT2D eigenvalue weighted by molar-refractivity contribution is 6.26. The van der Waals surface area contributed by atoms with Crippen LogP contribution in [0.2, 0.25) is 0 Å². The third-order valence-corrected chi connectivity index (χ3v) is 6.94. The van der Waals surface area contributed by atoms with Gasteiger partial charge in [-0.2, -0.15) is 0 Å². The lowest BCUT2D eigenvalue weighted by Gasteiger charge is -2.19. The number of non-ortho nitro benzene ring substituents is 1. The van der Waals surface area contributed by atoms with Crippen molar-refractivity contribution < 1.29 is 9.66 Å². The second-order valence-corrected chi connectivity index (χ2v) is 11.4. The molecule has 0 bridgehead atoms. The molecule has 0 radical (unpaired) electrons. The molecule has 1 heterocycles. The highest BCUT2D eigenvalue weighted by atomic mass is 35.5. The van der Waals surface area contributed by atoms with E-state index in [-0.39, 0.29) is 16.0 Å². The van der Waals surface area contributed by atoms with Crippen molar-refractivity contribution >= 4 is 46.6 Å².